The van der Waals surface area contributed by atoms with Gasteiger partial charge < -0.3 is 4.74 Å². The summed E-state index contributed by atoms with van der Waals surface area (Å²) in [5.41, 5.74) is 1.74. The Morgan fingerprint density at radius 1 is 1.00 bits per heavy atom. The molecule has 17 heavy (non-hydrogen) atoms. The highest BCUT2D eigenvalue weighted by Gasteiger charge is 2.49. The van der Waals surface area contributed by atoms with Crippen LogP contribution in [0.5, 0.6) is 0 Å². The van der Waals surface area contributed by atoms with Gasteiger partial charge in [0.25, 0.3) is 0 Å². The Hall–Kier alpha value is -1.02. The summed E-state index contributed by atoms with van der Waals surface area (Å²) in [6.07, 6.45) is 0. The molecule has 1 heterocycles. The third-order valence-corrected chi connectivity index (χ3v) is 3.59. The van der Waals surface area contributed by atoms with E-state index in [2.05, 4.69) is 12.1 Å². The van der Waals surface area contributed by atoms with E-state index >= 15 is 0 Å². The van der Waals surface area contributed by atoms with Gasteiger partial charge in [-0.3, -0.25) is 0 Å². The number of halogens is 2. The smallest absolute Gasteiger partial charge is 0.143 e. The second kappa shape index (κ2) is 4.02. The Morgan fingerprint density at radius 3 is 2.29 bits per heavy atom. The van der Waals surface area contributed by atoms with Gasteiger partial charge in [-0.25, -0.2) is 0 Å². The van der Waals surface area contributed by atoms with Crippen LogP contribution >= 0.6 is 23.2 Å². The van der Waals surface area contributed by atoms with Crippen molar-refractivity contribution < 1.29 is 4.74 Å². The summed E-state index contributed by atoms with van der Waals surface area (Å²) >= 11 is 12.1. The Bertz CT molecular complexity index is 547. The Balaban J connectivity index is 2.10. The van der Waals surface area contributed by atoms with Crippen LogP contribution < -0.4 is 0 Å². The minimum absolute atomic E-state index is 0.372. The molecule has 1 nitrogen and oxygen atoms in total. The van der Waals surface area contributed by atoms with Crippen molar-refractivity contribution in [2.45, 2.75) is 5.60 Å². The highest BCUT2D eigenvalue weighted by molar-refractivity contribution is 6.35. The zero-order valence-corrected chi connectivity index (χ0v) is 10.5. The molecule has 1 aliphatic rings. The molecule has 0 bridgehead atoms. The molecule has 1 fully saturated rings. The molecule has 0 N–H and O–H groups in total. The van der Waals surface area contributed by atoms with Gasteiger partial charge in [-0.1, -0.05) is 59.6 Å². The third kappa shape index (κ3) is 1.85. The van der Waals surface area contributed by atoms with Crippen LogP contribution in [0.25, 0.3) is 0 Å². The molecular formula is C14H10Cl2O. The highest BCUT2D eigenvalue weighted by atomic mass is 35.5. The molecule has 3 heteroatoms. The van der Waals surface area contributed by atoms with Gasteiger partial charge in [-0.05, 0) is 17.7 Å². The fourth-order valence-corrected chi connectivity index (χ4v) is 2.64. The van der Waals surface area contributed by atoms with Gasteiger partial charge in [-0.15, -0.1) is 0 Å². The summed E-state index contributed by atoms with van der Waals surface area (Å²) in [4.78, 5) is 0. The zero-order valence-electron chi connectivity index (χ0n) is 8.99. The van der Waals surface area contributed by atoms with Crippen molar-refractivity contribution in [2.75, 3.05) is 6.61 Å². The molecule has 0 spiro atoms. The lowest BCUT2D eigenvalue weighted by Crippen LogP contribution is -2.11. The van der Waals surface area contributed by atoms with Gasteiger partial charge in [-0.2, -0.15) is 0 Å². The fraction of sp³-hybridized carbons (Fsp3) is 0.143. The number of rotatable bonds is 2. The lowest BCUT2D eigenvalue weighted by molar-refractivity contribution is 0.349. The van der Waals surface area contributed by atoms with Crippen LogP contribution in [-0.2, 0) is 10.3 Å². The van der Waals surface area contributed by atoms with Crippen molar-refractivity contribution >= 4 is 23.2 Å². The first kappa shape index (κ1) is 11.1. The molecule has 1 atom stereocenters. The molecule has 86 valence electrons. The summed E-state index contributed by atoms with van der Waals surface area (Å²) in [5.74, 6) is 0. The van der Waals surface area contributed by atoms with Crippen LogP contribution in [-0.4, -0.2) is 6.61 Å². The Kier molecular flexibility index (Phi) is 2.62. The first-order valence-corrected chi connectivity index (χ1v) is 6.13. The summed E-state index contributed by atoms with van der Waals surface area (Å²) in [5, 5.41) is 1.29. The average molecular weight is 265 g/mol. The predicted octanol–water partition coefficient (Wildman–Crippen LogP) is 4.27. The maximum Gasteiger partial charge on any atom is 0.143 e. The molecular weight excluding hydrogens is 255 g/mol. The van der Waals surface area contributed by atoms with Crippen LogP contribution in [0.1, 0.15) is 11.1 Å². The van der Waals surface area contributed by atoms with Gasteiger partial charge >= 0.3 is 0 Å². The van der Waals surface area contributed by atoms with Gasteiger partial charge in [0.05, 0.1) is 6.61 Å². The second-order valence-electron chi connectivity index (χ2n) is 4.11. The lowest BCUT2D eigenvalue weighted by atomic mass is 9.92. The quantitative estimate of drug-likeness (QED) is 0.739. The maximum absolute atomic E-state index is 6.24. The molecule has 0 aromatic heterocycles. The number of hydrogen-bond acceptors (Lipinski definition) is 1. The van der Waals surface area contributed by atoms with E-state index in [4.69, 9.17) is 27.9 Å². The summed E-state index contributed by atoms with van der Waals surface area (Å²) in [6, 6.07) is 15.6. The molecule has 0 amide bonds. The summed E-state index contributed by atoms with van der Waals surface area (Å²) in [6.45, 7) is 0.665. The van der Waals surface area contributed by atoms with E-state index in [0.717, 1.165) is 11.1 Å². The first-order chi connectivity index (χ1) is 8.22. The molecule has 0 saturated carbocycles. The van der Waals surface area contributed by atoms with Gasteiger partial charge in [0, 0.05) is 15.6 Å². The van der Waals surface area contributed by atoms with E-state index in [-0.39, 0.29) is 5.60 Å². The minimum atomic E-state index is -0.372. The molecule has 1 unspecified atom stereocenters. The molecule has 2 aromatic rings. The van der Waals surface area contributed by atoms with Crippen LogP contribution in [0.15, 0.2) is 48.5 Å². The molecule has 0 aliphatic carbocycles. The molecule has 1 saturated heterocycles. The largest absolute Gasteiger partial charge is 0.359 e. The van der Waals surface area contributed by atoms with Crippen LogP contribution in [0.3, 0.4) is 0 Å². The zero-order chi connectivity index (χ0) is 11.9. The summed E-state index contributed by atoms with van der Waals surface area (Å²) in [7, 11) is 0. The highest BCUT2D eigenvalue weighted by Crippen LogP contribution is 2.47. The molecule has 2 aromatic carbocycles. The standard InChI is InChI=1S/C14H10Cl2O/c15-11-6-7-12(13(16)8-11)14(9-17-14)10-4-2-1-3-5-10/h1-8H,9H2. The second-order valence-corrected chi connectivity index (χ2v) is 4.95. The number of ether oxygens (including phenoxy) is 1. The van der Waals surface area contributed by atoms with E-state index < -0.39 is 0 Å². The normalized spacial score (nSPS) is 22.5. The monoisotopic (exact) mass is 264 g/mol. The fourth-order valence-electron chi connectivity index (χ4n) is 2.07. The first-order valence-electron chi connectivity index (χ1n) is 5.37. The van der Waals surface area contributed by atoms with E-state index in [0.29, 0.717) is 16.7 Å². The molecule has 0 radical (unpaired) electrons. The van der Waals surface area contributed by atoms with Crippen molar-refractivity contribution in [3.63, 3.8) is 0 Å². The Morgan fingerprint density at radius 2 is 1.71 bits per heavy atom. The predicted molar refractivity (Wildman–Crippen MR) is 69.6 cm³/mol. The topological polar surface area (TPSA) is 12.5 Å². The number of hydrogen-bond donors (Lipinski definition) is 0. The number of epoxide rings is 1. The van der Waals surface area contributed by atoms with Crippen LogP contribution in [0.4, 0.5) is 0 Å². The van der Waals surface area contributed by atoms with Crippen molar-refractivity contribution in [3.8, 4) is 0 Å². The minimum Gasteiger partial charge on any atom is -0.359 e. The van der Waals surface area contributed by atoms with Gasteiger partial charge in [0.2, 0.25) is 0 Å². The van der Waals surface area contributed by atoms with Crippen LogP contribution in [0, 0.1) is 0 Å². The average Bonchev–Trinajstić information content (AvgIpc) is 3.11. The van der Waals surface area contributed by atoms with E-state index in [9.17, 15) is 0 Å². The van der Waals surface area contributed by atoms with Crippen molar-refractivity contribution in [1.82, 2.24) is 0 Å². The third-order valence-electron chi connectivity index (χ3n) is 3.04. The van der Waals surface area contributed by atoms with Crippen LogP contribution in [0.2, 0.25) is 10.0 Å². The molecule has 1 aliphatic heterocycles. The van der Waals surface area contributed by atoms with Crippen molar-refractivity contribution in [3.05, 3.63) is 69.7 Å². The lowest BCUT2D eigenvalue weighted by Gasteiger charge is -2.14. The Labute approximate surface area is 110 Å². The van der Waals surface area contributed by atoms with E-state index in [1.165, 1.54) is 0 Å². The van der Waals surface area contributed by atoms with E-state index in [1.807, 2.05) is 30.3 Å². The van der Waals surface area contributed by atoms with E-state index in [1.54, 1.807) is 6.07 Å². The molecule has 3 rings (SSSR count). The van der Waals surface area contributed by atoms with Gasteiger partial charge in [0.1, 0.15) is 5.60 Å². The SMILES string of the molecule is Clc1ccc(C2(c3ccccc3)CO2)c(Cl)c1. The van der Waals surface area contributed by atoms with Crippen molar-refractivity contribution in [1.29, 1.82) is 0 Å². The maximum atomic E-state index is 6.24. The van der Waals surface area contributed by atoms with Gasteiger partial charge in [0.15, 0.2) is 0 Å². The summed E-state index contributed by atoms with van der Waals surface area (Å²) < 4.78 is 5.66. The van der Waals surface area contributed by atoms with Crippen molar-refractivity contribution in [2.24, 2.45) is 0 Å². The number of benzene rings is 2.